The van der Waals surface area contributed by atoms with Crippen LogP contribution in [0, 0.1) is 0 Å². The molecule has 0 aromatic carbocycles. The molecule has 2 aromatic rings. The molecular weight excluding hydrogens is 376 g/mol. The number of anilines is 2. The van der Waals surface area contributed by atoms with Gasteiger partial charge in [0.1, 0.15) is 10.7 Å². The predicted octanol–water partition coefficient (Wildman–Crippen LogP) is 3.27. The summed E-state index contributed by atoms with van der Waals surface area (Å²) in [7, 11) is -2.13. The molecule has 0 unspecified atom stereocenters. The molecule has 0 radical (unpaired) electrons. The molecule has 0 aliphatic rings. The Morgan fingerprint density at radius 1 is 1.38 bits per heavy atom. The molecule has 0 amide bonds. The summed E-state index contributed by atoms with van der Waals surface area (Å²) in [6.45, 7) is 4.01. The van der Waals surface area contributed by atoms with Gasteiger partial charge in [-0.15, -0.1) is 11.3 Å². The second-order valence-corrected chi connectivity index (χ2v) is 8.01. The van der Waals surface area contributed by atoms with Gasteiger partial charge in [0.05, 0.1) is 5.69 Å². The van der Waals surface area contributed by atoms with E-state index in [1.165, 1.54) is 23.6 Å². The zero-order valence-electron chi connectivity index (χ0n) is 11.7. The third-order valence-electron chi connectivity index (χ3n) is 2.68. The van der Waals surface area contributed by atoms with Gasteiger partial charge in [-0.2, -0.15) is 0 Å². The van der Waals surface area contributed by atoms with Crippen LogP contribution in [0.5, 0.6) is 0 Å². The molecule has 2 aromatic heterocycles. The van der Waals surface area contributed by atoms with Gasteiger partial charge in [-0.1, -0.05) is 13.8 Å². The monoisotopic (exact) mass is 390 g/mol. The number of aromatic nitrogens is 2. The lowest BCUT2D eigenvalue weighted by molar-refractivity contribution is 0.601. The number of nitrogens with zero attached hydrogens (tertiary/aromatic N) is 2. The smallest absolute Gasteiger partial charge is 0.267 e. The van der Waals surface area contributed by atoms with E-state index in [-0.39, 0.29) is 16.6 Å². The summed E-state index contributed by atoms with van der Waals surface area (Å²) in [5.74, 6) is 0.534. The molecule has 2 heterocycles. The molecule has 0 atom stereocenters. The summed E-state index contributed by atoms with van der Waals surface area (Å²) in [6, 6.07) is 1.50. The highest BCUT2D eigenvalue weighted by Gasteiger charge is 2.21. The zero-order chi connectivity index (χ0) is 15.6. The van der Waals surface area contributed by atoms with Crippen LogP contribution in [0.15, 0.2) is 27.0 Å². The quantitative estimate of drug-likeness (QED) is 0.818. The number of thiazole rings is 1. The molecule has 0 saturated carbocycles. The topological polar surface area (TPSA) is 84.0 Å². The number of sulfonamides is 1. The van der Waals surface area contributed by atoms with Crippen LogP contribution in [0.25, 0.3) is 0 Å². The van der Waals surface area contributed by atoms with Crippen LogP contribution in [-0.2, 0) is 10.0 Å². The van der Waals surface area contributed by atoms with Crippen molar-refractivity contribution < 1.29 is 8.42 Å². The molecule has 0 fully saturated rings. The zero-order valence-corrected chi connectivity index (χ0v) is 14.9. The van der Waals surface area contributed by atoms with Gasteiger partial charge in [-0.3, -0.25) is 4.72 Å². The Balaban J connectivity index is 2.35. The summed E-state index contributed by atoms with van der Waals surface area (Å²) in [6.07, 6.45) is 1.53. The number of halogens is 1. The first-order valence-corrected chi connectivity index (χ1v) is 9.30. The minimum atomic E-state index is -3.75. The molecular formula is C12H15BrN4O2S2. The Labute approximate surface area is 136 Å². The third-order valence-corrected chi connectivity index (χ3v) is 5.37. The standard InChI is InChI=1S/C12H15BrN4O2S2/c1-7(2)9-6-20-12(16-9)17-21(18,19)10-4-8(13)5-15-11(10)14-3/h4-7H,1-3H3,(H,14,15)(H,16,17). The van der Waals surface area contributed by atoms with Crippen molar-refractivity contribution in [2.24, 2.45) is 0 Å². The van der Waals surface area contributed by atoms with Gasteiger partial charge in [0.2, 0.25) is 0 Å². The SMILES string of the molecule is CNc1ncc(Br)cc1S(=O)(=O)Nc1nc(C(C)C)cs1. The van der Waals surface area contributed by atoms with Crippen LogP contribution in [0.1, 0.15) is 25.5 Å². The highest BCUT2D eigenvalue weighted by atomic mass is 79.9. The van der Waals surface area contributed by atoms with Crippen molar-refractivity contribution in [3.05, 3.63) is 27.8 Å². The van der Waals surface area contributed by atoms with E-state index >= 15 is 0 Å². The summed E-state index contributed by atoms with van der Waals surface area (Å²) in [5.41, 5.74) is 0.860. The van der Waals surface area contributed by atoms with E-state index in [4.69, 9.17) is 0 Å². The van der Waals surface area contributed by atoms with Crippen LogP contribution < -0.4 is 10.0 Å². The van der Waals surface area contributed by atoms with Crippen molar-refractivity contribution in [2.45, 2.75) is 24.7 Å². The van der Waals surface area contributed by atoms with E-state index in [2.05, 4.69) is 35.9 Å². The van der Waals surface area contributed by atoms with Gasteiger partial charge in [-0.05, 0) is 27.9 Å². The predicted molar refractivity (Wildman–Crippen MR) is 88.5 cm³/mol. The lowest BCUT2D eigenvalue weighted by Gasteiger charge is -2.10. The van der Waals surface area contributed by atoms with Crippen molar-refractivity contribution in [1.29, 1.82) is 0 Å². The summed E-state index contributed by atoms with van der Waals surface area (Å²) in [5, 5.41) is 4.97. The maximum atomic E-state index is 12.5. The number of pyridine rings is 1. The fourth-order valence-corrected chi connectivity index (χ4v) is 4.38. The molecule has 2 rings (SSSR count). The van der Waals surface area contributed by atoms with Gasteiger partial charge >= 0.3 is 0 Å². The van der Waals surface area contributed by atoms with E-state index in [0.29, 0.717) is 9.60 Å². The molecule has 2 N–H and O–H groups in total. The van der Waals surface area contributed by atoms with Crippen molar-refractivity contribution >= 4 is 48.2 Å². The van der Waals surface area contributed by atoms with Crippen molar-refractivity contribution in [2.75, 3.05) is 17.1 Å². The summed E-state index contributed by atoms with van der Waals surface area (Å²) < 4.78 is 28.0. The van der Waals surface area contributed by atoms with Gasteiger partial charge in [0, 0.05) is 23.1 Å². The van der Waals surface area contributed by atoms with Gasteiger partial charge in [-0.25, -0.2) is 18.4 Å². The number of rotatable bonds is 5. The molecule has 6 nitrogen and oxygen atoms in total. The van der Waals surface area contributed by atoms with Crippen molar-refractivity contribution in [3.63, 3.8) is 0 Å². The normalized spacial score (nSPS) is 11.7. The van der Waals surface area contributed by atoms with E-state index < -0.39 is 10.0 Å². The Kier molecular flexibility index (Phi) is 4.84. The fraction of sp³-hybridized carbons (Fsp3) is 0.333. The average Bonchev–Trinajstić information content (AvgIpc) is 2.86. The Bertz CT molecular complexity index is 743. The minimum Gasteiger partial charge on any atom is -0.372 e. The van der Waals surface area contributed by atoms with Crippen LogP contribution in [-0.4, -0.2) is 25.4 Å². The molecule has 0 saturated heterocycles. The third kappa shape index (κ3) is 3.72. The molecule has 114 valence electrons. The van der Waals surface area contributed by atoms with E-state index in [0.717, 1.165) is 5.69 Å². The summed E-state index contributed by atoms with van der Waals surface area (Å²) >= 11 is 4.49. The van der Waals surface area contributed by atoms with Crippen molar-refractivity contribution in [1.82, 2.24) is 9.97 Å². The highest BCUT2D eigenvalue weighted by Crippen LogP contribution is 2.27. The van der Waals surface area contributed by atoms with Crippen molar-refractivity contribution in [3.8, 4) is 0 Å². The van der Waals surface area contributed by atoms with Gasteiger partial charge < -0.3 is 5.32 Å². The molecule has 0 aliphatic carbocycles. The second-order valence-electron chi connectivity index (χ2n) is 4.59. The van der Waals surface area contributed by atoms with Gasteiger partial charge in [0.25, 0.3) is 10.0 Å². The molecule has 0 bridgehead atoms. The van der Waals surface area contributed by atoms with Crippen LogP contribution >= 0.6 is 27.3 Å². The van der Waals surface area contributed by atoms with E-state index in [1.54, 1.807) is 7.05 Å². The van der Waals surface area contributed by atoms with E-state index in [1.807, 2.05) is 19.2 Å². The molecule has 21 heavy (non-hydrogen) atoms. The first-order chi connectivity index (χ1) is 9.83. The number of hydrogen-bond acceptors (Lipinski definition) is 6. The van der Waals surface area contributed by atoms with Crippen LogP contribution in [0.2, 0.25) is 0 Å². The molecule has 9 heteroatoms. The van der Waals surface area contributed by atoms with Crippen LogP contribution in [0.3, 0.4) is 0 Å². The maximum absolute atomic E-state index is 12.5. The summed E-state index contributed by atoms with van der Waals surface area (Å²) in [4.78, 5) is 8.39. The van der Waals surface area contributed by atoms with E-state index in [9.17, 15) is 8.42 Å². The number of nitrogens with one attached hydrogen (secondary N) is 2. The Hall–Kier alpha value is -1.19. The second kappa shape index (κ2) is 6.29. The minimum absolute atomic E-state index is 0.0701. The first kappa shape index (κ1) is 16.2. The molecule has 0 aliphatic heterocycles. The highest BCUT2D eigenvalue weighted by molar-refractivity contribution is 9.10. The largest absolute Gasteiger partial charge is 0.372 e. The molecule has 0 spiro atoms. The van der Waals surface area contributed by atoms with Gasteiger partial charge in [0.15, 0.2) is 5.13 Å². The lowest BCUT2D eigenvalue weighted by Crippen LogP contribution is -2.15. The van der Waals surface area contributed by atoms with Crippen LogP contribution in [0.4, 0.5) is 10.9 Å². The fourth-order valence-electron chi connectivity index (χ4n) is 1.58. The maximum Gasteiger partial charge on any atom is 0.267 e. The number of hydrogen-bond donors (Lipinski definition) is 2. The Morgan fingerprint density at radius 3 is 2.67 bits per heavy atom. The average molecular weight is 391 g/mol. The first-order valence-electron chi connectivity index (χ1n) is 6.15. The Morgan fingerprint density at radius 2 is 2.10 bits per heavy atom. The lowest BCUT2D eigenvalue weighted by atomic mass is 10.2.